The Morgan fingerprint density at radius 3 is 2.65 bits per heavy atom. The molecule has 1 N–H and O–H groups in total. The number of rotatable bonds is 6. The van der Waals surface area contributed by atoms with Crippen LogP contribution in [0.2, 0.25) is 0 Å². The van der Waals surface area contributed by atoms with Crippen molar-refractivity contribution >= 4 is 17.0 Å². The van der Waals surface area contributed by atoms with E-state index < -0.39 is 0 Å². The smallest absolute Gasteiger partial charge is 0.302 e. The zero-order valence-corrected chi connectivity index (χ0v) is 14.5. The van der Waals surface area contributed by atoms with Gasteiger partial charge in [-0.15, -0.1) is 0 Å². The monoisotopic (exact) mass is 352 g/mol. The van der Waals surface area contributed by atoms with Gasteiger partial charge in [0.05, 0.1) is 23.2 Å². The highest BCUT2D eigenvalue weighted by atomic mass is 16.5. The van der Waals surface area contributed by atoms with Crippen molar-refractivity contribution in [1.29, 1.82) is 0 Å². The van der Waals surface area contributed by atoms with Crippen LogP contribution in [0.25, 0.3) is 16.7 Å². The van der Waals surface area contributed by atoms with E-state index in [1.54, 1.807) is 18.3 Å². The lowest BCUT2D eigenvalue weighted by atomic mass is 10.1. The van der Waals surface area contributed by atoms with E-state index >= 15 is 0 Å². The van der Waals surface area contributed by atoms with Crippen LogP contribution < -0.4 is 5.56 Å². The molecule has 0 saturated heterocycles. The first-order valence-corrected chi connectivity index (χ1v) is 8.50. The van der Waals surface area contributed by atoms with Crippen LogP contribution in [-0.2, 0) is 16.0 Å². The van der Waals surface area contributed by atoms with Gasteiger partial charge in [-0.05, 0) is 43.5 Å². The van der Waals surface area contributed by atoms with Crippen LogP contribution in [0.4, 0.5) is 0 Å². The van der Waals surface area contributed by atoms with Crippen molar-refractivity contribution in [3.05, 3.63) is 64.6 Å². The van der Waals surface area contributed by atoms with Gasteiger partial charge in [-0.3, -0.25) is 14.2 Å². The molecule has 0 atom stereocenters. The predicted octanol–water partition coefficient (Wildman–Crippen LogP) is 2.98. The lowest BCUT2D eigenvalue weighted by Gasteiger charge is -2.14. The molecule has 0 fully saturated rings. The Labute approximate surface area is 150 Å². The highest BCUT2D eigenvalue weighted by molar-refractivity contribution is 5.84. The molecule has 6 nitrogen and oxygen atoms in total. The van der Waals surface area contributed by atoms with Crippen molar-refractivity contribution in [1.82, 2.24) is 9.55 Å². The van der Waals surface area contributed by atoms with Gasteiger partial charge >= 0.3 is 5.97 Å². The van der Waals surface area contributed by atoms with Gasteiger partial charge in [0, 0.05) is 13.1 Å². The van der Waals surface area contributed by atoms with Crippen molar-refractivity contribution in [2.75, 3.05) is 6.61 Å². The normalized spacial score (nSPS) is 10.8. The Balaban J connectivity index is 2.01. The van der Waals surface area contributed by atoms with Gasteiger partial charge in [0.2, 0.25) is 0 Å². The number of esters is 1. The molecular weight excluding hydrogens is 332 g/mol. The van der Waals surface area contributed by atoms with E-state index in [4.69, 9.17) is 4.74 Å². The molecule has 0 aliphatic carbocycles. The second kappa shape index (κ2) is 7.82. The fourth-order valence-corrected chi connectivity index (χ4v) is 2.92. The summed E-state index contributed by atoms with van der Waals surface area (Å²) in [4.78, 5) is 28.2. The number of hydrogen-bond acceptors (Lipinski definition) is 5. The van der Waals surface area contributed by atoms with Crippen molar-refractivity contribution in [3.8, 4) is 11.4 Å². The second-order valence-electron chi connectivity index (χ2n) is 5.97. The summed E-state index contributed by atoms with van der Waals surface area (Å²) in [5.41, 5.74) is 1.18. The molecule has 26 heavy (non-hydrogen) atoms. The van der Waals surface area contributed by atoms with E-state index in [9.17, 15) is 14.7 Å². The van der Waals surface area contributed by atoms with E-state index in [-0.39, 0.29) is 17.3 Å². The summed E-state index contributed by atoms with van der Waals surface area (Å²) in [5, 5.41) is 11.1. The van der Waals surface area contributed by atoms with Crippen molar-refractivity contribution in [2.24, 2.45) is 0 Å². The lowest BCUT2D eigenvalue weighted by Crippen LogP contribution is -2.23. The average Bonchev–Trinajstić information content (AvgIpc) is 2.64. The first-order valence-electron chi connectivity index (χ1n) is 8.50. The number of ether oxygens (including phenoxy) is 1. The van der Waals surface area contributed by atoms with Crippen LogP contribution in [0.3, 0.4) is 0 Å². The third-order valence-electron chi connectivity index (χ3n) is 4.14. The molecule has 0 radical (unpaired) electrons. The molecule has 134 valence electrons. The maximum absolute atomic E-state index is 13.1. The summed E-state index contributed by atoms with van der Waals surface area (Å²) in [6.07, 6.45) is 3.23. The average molecular weight is 352 g/mol. The number of pyridine rings is 2. The Morgan fingerprint density at radius 1 is 1.15 bits per heavy atom. The highest BCUT2D eigenvalue weighted by Gasteiger charge is 2.17. The number of nitrogens with zero attached hydrogens (tertiary/aromatic N) is 2. The number of carbonyl (C=O) groups is 1. The first-order chi connectivity index (χ1) is 12.6. The van der Waals surface area contributed by atoms with E-state index in [0.29, 0.717) is 48.2 Å². The molecule has 0 unspecified atom stereocenters. The number of aromatic hydroxyl groups is 1. The molecule has 0 bridgehead atoms. The summed E-state index contributed by atoms with van der Waals surface area (Å²) in [5.74, 6) is -0.353. The Kier molecular flexibility index (Phi) is 5.31. The van der Waals surface area contributed by atoms with Crippen LogP contribution in [0.15, 0.2) is 53.5 Å². The van der Waals surface area contributed by atoms with Crippen molar-refractivity contribution < 1.29 is 14.6 Å². The van der Waals surface area contributed by atoms with E-state index in [0.717, 1.165) is 0 Å². The third kappa shape index (κ3) is 3.59. The molecule has 2 aromatic heterocycles. The Morgan fingerprint density at radius 2 is 1.92 bits per heavy atom. The fraction of sp³-hybridized carbons (Fsp3) is 0.250. The van der Waals surface area contributed by atoms with E-state index in [2.05, 4.69) is 4.98 Å². The largest absolute Gasteiger partial charge is 0.507 e. The summed E-state index contributed by atoms with van der Waals surface area (Å²) >= 11 is 0. The van der Waals surface area contributed by atoms with Crippen LogP contribution >= 0.6 is 0 Å². The van der Waals surface area contributed by atoms with Gasteiger partial charge in [-0.1, -0.05) is 18.2 Å². The molecule has 2 heterocycles. The van der Waals surface area contributed by atoms with Crippen LogP contribution in [0.1, 0.15) is 25.3 Å². The summed E-state index contributed by atoms with van der Waals surface area (Å²) in [6.45, 7) is 1.67. The summed E-state index contributed by atoms with van der Waals surface area (Å²) < 4.78 is 6.43. The van der Waals surface area contributed by atoms with Gasteiger partial charge in [0.15, 0.2) is 5.65 Å². The number of benzene rings is 1. The minimum atomic E-state index is -0.323. The molecular formula is C20H20N2O4. The Hall–Kier alpha value is -3.15. The molecule has 0 amide bonds. The number of carbonyl (C=O) groups excluding carboxylic acids is 1. The summed E-state index contributed by atoms with van der Waals surface area (Å²) in [7, 11) is 0. The van der Waals surface area contributed by atoms with Gasteiger partial charge in [0.1, 0.15) is 5.75 Å². The third-order valence-corrected chi connectivity index (χ3v) is 4.14. The van der Waals surface area contributed by atoms with E-state index in [1.807, 2.05) is 30.3 Å². The molecule has 0 saturated carbocycles. The minimum absolute atomic E-state index is 0.0298. The maximum atomic E-state index is 13.1. The summed E-state index contributed by atoms with van der Waals surface area (Å²) in [6, 6.07) is 12.7. The quantitative estimate of drug-likeness (QED) is 0.545. The van der Waals surface area contributed by atoms with Crippen molar-refractivity contribution in [3.63, 3.8) is 0 Å². The molecule has 0 spiro atoms. The lowest BCUT2D eigenvalue weighted by molar-refractivity contribution is -0.141. The van der Waals surface area contributed by atoms with Gasteiger partial charge in [-0.25, -0.2) is 4.98 Å². The predicted molar refractivity (Wildman–Crippen MR) is 98.6 cm³/mol. The first kappa shape index (κ1) is 17.7. The van der Waals surface area contributed by atoms with Crippen LogP contribution in [0, 0.1) is 0 Å². The van der Waals surface area contributed by atoms with E-state index in [1.165, 1.54) is 11.5 Å². The zero-order valence-electron chi connectivity index (χ0n) is 14.5. The second-order valence-corrected chi connectivity index (χ2v) is 5.97. The van der Waals surface area contributed by atoms with Gasteiger partial charge < -0.3 is 9.84 Å². The molecule has 0 aliphatic heterocycles. The minimum Gasteiger partial charge on any atom is -0.507 e. The van der Waals surface area contributed by atoms with Gasteiger partial charge in [-0.2, -0.15) is 0 Å². The van der Waals surface area contributed by atoms with Gasteiger partial charge in [0.25, 0.3) is 5.56 Å². The SMILES string of the molecule is CC(=O)OCCCCc1c(O)c2cccnc2n(-c2ccccc2)c1=O. The maximum Gasteiger partial charge on any atom is 0.302 e. The Bertz CT molecular complexity index is 980. The highest BCUT2D eigenvalue weighted by Crippen LogP contribution is 2.27. The molecule has 3 aromatic rings. The number of unbranched alkanes of at least 4 members (excludes halogenated alkanes) is 1. The van der Waals surface area contributed by atoms with Crippen LogP contribution in [-0.4, -0.2) is 27.2 Å². The number of hydrogen-bond donors (Lipinski definition) is 1. The molecule has 1 aromatic carbocycles. The number of aromatic nitrogens is 2. The topological polar surface area (TPSA) is 81.4 Å². The molecule has 0 aliphatic rings. The molecule has 6 heteroatoms. The number of fused-ring (bicyclic) bond motifs is 1. The standard InChI is InChI=1S/C20H20N2O4/c1-14(23)26-13-6-5-10-17-18(24)16-11-7-12-21-19(16)22(20(17)25)15-8-3-2-4-9-15/h2-4,7-9,11-12,24H,5-6,10,13H2,1H3. The van der Waals surface area contributed by atoms with Crippen molar-refractivity contribution in [2.45, 2.75) is 26.2 Å². The molecule has 3 rings (SSSR count). The van der Waals surface area contributed by atoms with Crippen LogP contribution in [0.5, 0.6) is 5.75 Å². The zero-order chi connectivity index (χ0) is 18.5. The number of para-hydroxylation sites is 1. The fourth-order valence-electron chi connectivity index (χ4n) is 2.92.